The van der Waals surface area contributed by atoms with Gasteiger partial charge in [0.15, 0.2) is 0 Å². The second-order valence-electron chi connectivity index (χ2n) is 3.74. The molecular formula is C9H9ClN4O5S. The van der Waals surface area contributed by atoms with Crippen molar-refractivity contribution in [1.82, 2.24) is 15.3 Å². The standard InChI is InChI=1S/C9H9ClN4O5S/c1-19-7-5(4-11-8(13-7)20(10,17)18)14-3-2-6(15)12-9(14)16/h4H,2-3H2,1H3,(H,12,15,16). The van der Waals surface area contributed by atoms with E-state index < -0.39 is 26.1 Å². The molecule has 0 saturated carbocycles. The van der Waals surface area contributed by atoms with Crippen LogP contribution in [0.1, 0.15) is 6.42 Å². The highest BCUT2D eigenvalue weighted by atomic mass is 35.7. The van der Waals surface area contributed by atoms with E-state index in [2.05, 4.69) is 15.3 Å². The summed E-state index contributed by atoms with van der Waals surface area (Å²) in [5.74, 6) is -0.533. The van der Waals surface area contributed by atoms with E-state index in [4.69, 9.17) is 15.4 Å². The van der Waals surface area contributed by atoms with Gasteiger partial charge in [-0.15, -0.1) is 0 Å². The third-order valence-corrected chi connectivity index (χ3v) is 3.52. The fraction of sp³-hybridized carbons (Fsp3) is 0.333. The number of nitrogens with one attached hydrogen (secondary N) is 1. The number of aromatic nitrogens is 2. The second-order valence-corrected chi connectivity index (χ2v) is 6.20. The molecule has 1 aliphatic rings. The molecule has 11 heteroatoms. The first-order chi connectivity index (χ1) is 9.32. The van der Waals surface area contributed by atoms with Gasteiger partial charge in [0.05, 0.1) is 13.3 Å². The van der Waals surface area contributed by atoms with Crippen LogP contribution in [0.2, 0.25) is 0 Å². The molecule has 2 rings (SSSR count). The molecule has 0 bridgehead atoms. The highest BCUT2D eigenvalue weighted by Gasteiger charge is 2.28. The van der Waals surface area contributed by atoms with Gasteiger partial charge >= 0.3 is 6.03 Å². The molecule has 108 valence electrons. The van der Waals surface area contributed by atoms with Crippen LogP contribution in [0, 0.1) is 0 Å². The zero-order valence-corrected chi connectivity index (χ0v) is 11.7. The first-order valence-corrected chi connectivity index (χ1v) is 7.61. The predicted octanol–water partition coefficient (Wildman–Crippen LogP) is -0.141. The van der Waals surface area contributed by atoms with Crippen molar-refractivity contribution >= 4 is 37.4 Å². The third kappa shape index (κ3) is 2.80. The van der Waals surface area contributed by atoms with Gasteiger partial charge in [-0.05, 0) is 0 Å². The number of ether oxygens (including phenoxy) is 1. The topological polar surface area (TPSA) is 119 Å². The van der Waals surface area contributed by atoms with Crippen LogP contribution in [0.15, 0.2) is 11.4 Å². The van der Waals surface area contributed by atoms with Crippen molar-refractivity contribution in [3.63, 3.8) is 0 Å². The van der Waals surface area contributed by atoms with Gasteiger partial charge in [0.1, 0.15) is 5.69 Å². The molecule has 1 saturated heterocycles. The molecule has 1 N–H and O–H groups in total. The summed E-state index contributed by atoms with van der Waals surface area (Å²) < 4.78 is 27.2. The maximum absolute atomic E-state index is 11.7. The van der Waals surface area contributed by atoms with Crippen LogP contribution in [-0.4, -0.2) is 44.0 Å². The van der Waals surface area contributed by atoms with E-state index in [-0.39, 0.29) is 24.5 Å². The molecule has 1 aromatic heterocycles. The largest absolute Gasteiger partial charge is 0.479 e. The van der Waals surface area contributed by atoms with Gasteiger partial charge in [0, 0.05) is 23.6 Å². The number of methoxy groups -OCH3 is 1. The van der Waals surface area contributed by atoms with Crippen LogP contribution in [0.5, 0.6) is 5.88 Å². The summed E-state index contributed by atoms with van der Waals surface area (Å²) in [6, 6.07) is -0.662. The number of urea groups is 1. The number of nitrogens with zero attached hydrogens (tertiary/aromatic N) is 3. The van der Waals surface area contributed by atoms with Crippen LogP contribution in [0.4, 0.5) is 10.5 Å². The molecule has 1 aliphatic heterocycles. The quantitative estimate of drug-likeness (QED) is 0.608. The SMILES string of the molecule is COc1nc(S(=O)(=O)Cl)ncc1N1CCC(=O)NC1=O. The first-order valence-electron chi connectivity index (χ1n) is 5.30. The van der Waals surface area contributed by atoms with E-state index in [9.17, 15) is 18.0 Å². The number of carbonyl (C=O) groups is 2. The maximum Gasteiger partial charge on any atom is 0.328 e. The number of hydrogen-bond donors (Lipinski definition) is 1. The number of hydrogen-bond acceptors (Lipinski definition) is 7. The van der Waals surface area contributed by atoms with Crippen molar-refractivity contribution in [1.29, 1.82) is 0 Å². The molecule has 2 heterocycles. The molecule has 0 atom stereocenters. The Labute approximate surface area is 118 Å². The lowest BCUT2D eigenvalue weighted by atomic mass is 10.3. The fourth-order valence-electron chi connectivity index (χ4n) is 1.59. The molecule has 0 spiro atoms. The van der Waals surface area contributed by atoms with Crippen LogP contribution in [0.3, 0.4) is 0 Å². The average molecular weight is 321 g/mol. The Bertz CT molecular complexity index is 677. The number of imide groups is 1. The van der Waals surface area contributed by atoms with Crippen molar-refractivity contribution in [2.75, 3.05) is 18.6 Å². The lowest BCUT2D eigenvalue weighted by molar-refractivity contribution is -0.120. The maximum atomic E-state index is 11.7. The summed E-state index contributed by atoms with van der Waals surface area (Å²) in [6.45, 7) is 0.108. The number of anilines is 1. The second kappa shape index (κ2) is 5.21. The van der Waals surface area contributed by atoms with Gasteiger partial charge in [-0.25, -0.2) is 18.2 Å². The van der Waals surface area contributed by atoms with Crippen LogP contribution in [0.25, 0.3) is 0 Å². The predicted molar refractivity (Wildman–Crippen MR) is 67.1 cm³/mol. The van der Waals surface area contributed by atoms with Gasteiger partial charge in [0.2, 0.25) is 11.8 Å². The van der Waals surface area contributed by atoms with Crippen LogP contribution >= 0.6 is 10.7 Å². The number of halogens is 1. The summed E-state index contributed by atoms with van der Waals surface area (Å²) in [5.41, 5.74) is 0.140. The highest BCUT2D eigenvalue weighted by molar-refractivity contribution is 8.13. The van der Waals surface area contributed by atoms with Crippen molar-refractivity contribution in [2.45, 2.75) is 11.6 Å². The van der Waals surface area contributed by atoms with Gasteiger partial charge < -0.3 is 4.74 Å². The summed E-state index contributed by atoms with van der Waals surface area (Å²) in [7, 11) is 2.27. The van der Waals surface area contributed by atoms with Gasteiger partial charge in [-0.3, -0.25) is 15.0 Å². The van der Waals surface area contributed by atoms with Crippen molar-refractivity contribution in [3.8, 4) is 5.88 Å². The smallest absolute Gasteiger partial charge is 0.328 e. The van der Waals surface area contributed by atoms with E-state index in [0.717, 1.165) is 6.20 Å². The highest BCUT2D eigenvalue weighted by Crippen LogP contribution is 2.28. The normalized spacial score (nSPS) is 16.0. The van der Waals surface area contributed by atoms with E-state index in [1.807, 2.05) is 0 Å². The summed E-state index contributed by atoms with van der Waals surface area (Å²) >= 11 is 0. The third-order valence-electron chi connectivity index (χ3n) is 2.47. The minimum absolute atomic E-state index is 0.102. The van der Waals surface area contributed by atoms with Crippen molar-refractivity contribution in [2.24, 2.45) is 0 Å². The number of carbonyl (C=O) groups excluding carboxylic acids is 2. The Morgan fingerprint density at radius 2 is 2.15 bits per heavy atom. The number of amides is 3. The average Bonchev–Trinajstić information content (AvgIpc) is 2.37. The summed E-state index contributed by atoms with van der Waals surface area (Å²) in [4.78, 5) is 31.1. The number of rotatable bonds is 3. The molecule has 0 aromatic carbocycles. The molecule has 9 nitrogen and oxygen atoms in total. The van der Waals surface area contributed by atoms with Gasteiger partial charge in [-0.2, -0.15) is 4.98 Å². The Morgan fingerprint density at radius 3 is 2.70 bits per heavy atom. The molecule has 20 heavy (non-hydrogen) atoms. The molecular weight excluding hydrogens is 312 g/mol. The molecule has 0 radical (unpaired) electrons. The van der Waals surface area contributed by atoms with E-state index in [1.54, 1.807) is 0 Å². The Kier molecular flexibility index (Phi) is 3.77. The van der Waals surface area contributed by atoms with Crippen LogP contribution in [-0.2, 0) is 13.8 Å². The molecule has 3 amide bonds. The molecule has 1 aromatic rings. The zero-order chi connectivity index (χ0) is 14.9. The molecule has 0 unspecified atom stereocenters. The lowest BCUT2D eigenvalue weighted by Crippen LogP contribution is -2.49. The van der Waals surface area contributed by atoms with E-state index >= 15 is 0 Å². The van der Waals surface area contributed by atoms with Crippen LogP contribution < -0.4 is 15.0 Å². The Balaban J connectivity index is 2.42. The van der Waals surface area contributed by atoms with Gasteiger partial charge in [-0.1, -0.05) is 0 Å². The molecule has 0 aliphatic carbocycles. The Hall–Kier alpha value is -1.94. The zero-order valence-electron chi connectivity index (χ0n) is 10.2. The monoisotopic (exact) mass is 320 g/mol. The fourth-order valence-corrected chi connectivity index (χ4v) is 2.19. The van der Waals surface area contributed by atoms with E-state index in [1.165, 1.54) is 12.0 Å². The van der Waals surface area contributed by atoms with Crippen molar-refractivity contribution < 1.29 is 22.7 Å². The summed E-state index contributed by atoms with van der Waals surface area (Å²) in [5, 5.41) is 1.49. The summed E-state index contributed by atoms with van der Waals surface area (Å²) in [6.07, 6.45) is 1.20. The van der Waals surface area contributed by atoms with Crippen molar-refractivity contribution in [3.05, 3.63) is 6.20 Å². The minimum atomic E-state index is -4.11. The first kappa shape index (κ1) is 14.5. The minimum Gasteiger partial charge on any atom is -0.479 e. The Morgan fingerprint density at radius 1 is 1.45 bits per heavy atom. The van der Waals surface area contributed by atoms with E-state index in [0.29, 0.717) is 0 Å². The lowest BCUT2D eigenvalue weighted by Gasteiger charge is -2.26. The molecule has 1 fully saturated rings. The van der Waals surface area contributed by atoms with Gasteiger partial charge in [0.25, 0.3) is 14.2 Å².